The van der Waals surface area contributed by atoms with E-state index in [9.17, 15) is 9.18 Å². The van der Waals surface area contributed by atoms with Crippen LogP contribution in [0.2, 0.25) is 0 Å². The van der Waals surface area contributed by atoms with E-state index >= 15 is 0 Å². The molecule has 0 bridgehead atoms. The minimum Gasteiger partial charge on any atom is -0.357 e. The third-order valence-corrected chi connectivity index (χ3v) is 5.22. The van der Waals surface area contributed by atoms with Gasteiger partial charge in [-0.05, 0) is 43.2 Å². The highest BCUT2D eigenvalue weighted by atomic mass is 127. The van der Waals surface area contributed by atoms with Crippen LogP contribution in [0.3, 0.4) is 0 Å². The summed E-state index contributed by atoms with van der Waals surface area (Å²) in [6, 6.07) is 10.9. The Morgan fingerprint density at radius 3 is 2.59 bits per heavy atom. The molecule has 0 unspecified atom stereocenters. The van der Waals surface area contributed by atoms with Gasteiger partial charge in [-0.25, -0.2) is 14.4 Å². The van der Waals surface area contributed by atoms with Gasteiger partial charge < -0.3 is 20.4 Å². The van der Waals surface area contributed by atoms with Crippen molar-refractivity contribution in [3.63, 3.8) is 0 Å². The predicted molar refractivity (Wildman–Crippen MR) is 137 cm³/mol. The molecule has 2 heterocycles. The van der Waals surface area contributed by atoms with Gasteiger partial charge in [-0.1, -0.05) is 18.2 Å². The van der Waals surface area contributed by atoms with Crippen LogP contribution in [0.5, 0.6) is 0 Å². The zero-order chi connectivity index (χ0) is 22.1. The fourth-order valence-corrected chi connectivity index (χ4v) is 3.49. The van der Waals surface area contributed by atoms with Crippen molar-refractivity contribution < 1.29 is 9.18 Å². The van der Waals surface area contributed by atoms with Gasteiger partial charge in [-0.3, -0.25) is 4.79 Å². The van der Waals surface area contributed by atoms with Crippen molar-refractivity contribution in [2.45, 2.75) is 26.8 Å². The van der Waals surface area contributed by atoms with Crippen molar-refractivity contribution in [3.05, 3.63) is 59.5 Å². The predicted octanol–water partition coefficient (Wildman–Crippen LogP) is 2.94. The summed E-state index contributed by atoms with van der Waals surface area (Å²) in [4.78, 5) is 25.6. The summed E-state index contributed by atoms with van der Waals surface area (Å²) >= 11 is 0. The van der Waals surface area contributed by atoms with Gasteiger partial charge in [-0.2, -0.15) is 0 Å². The number of amides is 1. The Labute approximate surface area is 206 Å². The zero-order valence-corrected chi connectivity index (χ0v) is 21.0. The molecule has 0 saturated carbocycles. The van der Waals surface area contributed by atoms with E-state index in [1.54, 1.807) is 25.3 Å². The lowest BCUT2D eigenvalue weighted by Gasteiger charge is -2.35. The number of aliphatic imine (C=N–C) groups is 1. The largest absolute Gasteiger partial charge is 0.357 e. The van der Waals surface area contributed by atoms with Crippen LogP contribution < -0.4 is 15.5 Å². The Balaban J connectivity index is 0.00000363. The summed E-state index contributed by atoms with van der Waals surface area (Å²) in [7, 11) is 0. The summed E-state index contributed by atoms with van der Waals surface area (Å²) < 4.78 is 13.4. The second-order valence-corrected chi connectivity index (χ2v) is 7.51. The van der Waals surface area contributed by atoms with Crippen LogP contribution >= 0.6 is 24.0 Å². The minimum absolute atomic E-state index is 0. The van der Waals surface area contributed by atoms with Crippen LogP contribution in [0.4, 0.5) is 10.2 Å². The Bertz CT molecular complexity index is 887. The van der Waals surface area contributed by atoms with E-state index in [4.69, 9.17) is 0 Å². The van der Waals surface area contributed by atoms with E-state index in [-0.39, 0.29) is 35.7 Å². The molecular weight excluding hydrogens is 522 g/mol. The summed E-state index contributed by atoms with van der Waals surface area (Å²) in [5.41, 5.74) is 1.55. The lowest BCUT2D eigenvalue weighted by atomic mass is 10.1. The lowest BCUT2D eigenvalue weighted by molar-refractivity contribution is -0.131. The van der Waals surface area contributed by atoms with Gasteiger partial charge in [0.15, 0.2) is 5.96 Å². The van der Waals surface area contributed by atoms with E-state index in [1.807, 2.05) is 30.0 Å². The molecule has 1 aliphatic rings. The number of nitrogens with one attached hydrogen (secondary N) is 2. The first-order valence-corrected chi connectivity index (χ1v) is 10.8. The van der Waals surface area contributed by atoms with E-state index in [0.29, 0.717) is 44.1 Å². The number of guanidine groups is 1. The Morgan fingerprint density at radius 1 is 1.16 bits per heavy atom. The van der Waals surface area contributed by atoms with Gasteiger partial charge in [-0.15, -0.1) is 24.0 Å². The molecule has 174 valence electrons. The number of benzene rings is 1. The third-order valence-electron chi connectivity index (χ3n) is 5.22. The number of piperazine rings is 1. The highest BCUT2D eigenvalue weighted by Crippen LogP contribution is 2.13. The van der Waals surface area contributed by atoms with Crippen molar-refractivity contribution in [3.8, 4) is 0 Å². The van der Waals surface area contributed by atoms with Crippen molar-refractivity contribution in [1.29, 1.82) is 0 Å². The topological polar surface area (TPSA) is 72.9 Å². The van der Waals surface area contributed by atoms with E-state index in [2.05, 4.69) is 25.5 Å². The Hall–Kier alpha value is -2.43. The fraction of sp³-hybridized carbons (Fsp3) is 0.435. The number of aromatic nitrogens is 1. The third kappa shape index (κ3) is 7.61. The molecule has 0 atom stereocenters. The van der Waals surface area contributed by atoms with Gasteiger partial charge >= 0.3 is 0 Å². The molecule has 32 heavy (non-hydrogen) atoms. The van der Waals surface area contributed by atoms with Crippen LogP contribution in [0, 0.1) is 12.7 Å². The average molecular weight is 554 g/mol. The maximum absolute atomic E-state index is 13.4. The normalized spacial score (nSPS) is 14.0. The number of carbonyl (C=O) groups is 1. The van der Waals surface area contributed by atoms with Crippen LogP contribution in [0.15, 0.2) is 47.6 Å². The van der Waals surface area contributed by atoms with Crippen molar-refractivity contribution in [1.82, 2.24) is 20.5 Å². The number of aryl methyl sites for hydroxylation is 1. The molecule has 3 rings (SSSR count). The number of halogens is 2. The molecule has 0 radical (unpaired) electrons. The van der Waals surface area contributed by atoms with Gasteiger partial charge in [0.1, 0.15) is 11.6 Å². The molecular formula is C23H32FIN6O. The number of hydrogen-bond acceptors (Lipinski definition) is 4. The Kier molecular flexibility index (Phi) is 10.6. The highest BCUT2D eigenvalue weighted by Gasteiger charge is 2.21. The number of carbonyl (C=O) groups excluding carboxylic acids is 1. The molecule has 7 nitrogen and oxygen atoms in total. The maximum atomic E-state index is 13.4. The zero-order valence-electron chi connectivity index (χ0n) is 18.7. The quantitative estimate of drug-likeness (QED) is 0.313. The number of rotatable bonds is 7. The molecule has 1 aliphatic heterocycles. The van der Waals surface area contributed by atoms with E-state index in [1.165, 1.54) is 6.07 Å². The SMILES string of the molecule is CCNC(=NCc1ccc(F)c(C)c1)NCCC(=O)N1CCN(c2ccccn2)CC1.I. The summed E-state index contributed by atoms with van der Waals surface area (Å²) in [5.74, 6) is 1.53. The Morgan fingerprint density at radius 2 is 1.94 bits per heavy atom. The van der Waals surface area contributed by atoms with Crippen molar-refractivity contribution in [2.75, 3.05) is 44.2 Å². The smallest absolute Gasteiger partial charge is 0.224 e. The van der Waals surface area contributed by atoms with Gasteiger partial charge in [0.25, 0.3) is 0 Å². The first kappa shape index (κ1) is 25.8. The summed E-state index contributed by atoms with van der Waals surface area (Å²) in [6.45, 7) is 8.39. The van der Waals surface area contributed by atoms with E-state index in [0.717, 1.165) is 31.0 Å². The van der Waals surface area contributed by atoms with Crippen LogP contribution in [0.1, 0.15) is 24.5 Å². The summed E-state index contributed by atoms with van der Waals surface area (Å²) in [6.07, 6.45) is 2.20. The van der Waals surface area contributed by atoms with Gasteiger partial charge in [0.05, 0.1) is 6.54 Å². The second kappa shape index (κ2) is 13.2. The van der Waals surface area contributed by atoms with Crippen LogP contribution in [-0.2, 0) is 11.3 Å². The molecule has 1 amide bonds. The van der Waals surface area contributed by atoms with Crippen molar-refractivity contribution in [2.24, 2.45) is 4.99 Å². The first-order chi connectivity index (χ1) is 15.1. The maximum Gasteiger partial charge on any atom is 0.224 e. The number of pyridine rings is 1. The second-order valence-electron chi connectivity index (χ2n) is 7.51. The number of anilines is 1. The minimum atomic E-state index is -0.211. The molecule has 2 N–H and O–H groups in total. The molecule has 9 heteroatoms. The van der Waals surface area contributed by atoms with Gasteiger partial charge in [0, 0.05) is 51.9 Å². The molecule has 0 spiro atoms. The first-order valence-electron chi connectivity index (χ1n) is 10.8. The fourth-order valence-electron chi connectivity index (χ4n) is 3.49. The molecule has 1 saturated heterocycles. The molecule has 1 aromatic heterocycles. The van der Waals surface area contributed by atoms with Gasteiger partial charge in [0.2, 0.25) is 5.91 Å². The number of nitrogens with zero attached hydrogens (tertiary/aromatic N) is 4. The highest BCUT2D eigenvalue weighted by molar-refractivity contribution is 14.0. The van der Waals surface area contributed by atoms with Crippen molar-refractivity contribution >= 4 is 41.7 Å². The molecule has 2 aromatic rings. The molecule has 1 aromatic carbocycles. The summed E-state index contributed by atoms with van der Waals surface area (Å²) in [5, 5.41) is 6.40. The van der Waals surface area contributed by atoms with Crippen LogP contribution in [0.25, 0.3) is 0 Å². The average Bonchev–Trinajstić information content (AvgIpc) is 2.80. The monoisotopic (exact) mass is 554 g/mol. The lowest BCUT2D eigenvalue weighted by Crippen LogP contribution is -2.49. The molecule has 0 aliphatic carbocycles. The number of hydrogen-bond donors (Lipinski definition) is 2. The molecule has 1 fully saturated rings. The standard InChI is InChI=1S/C23H31FN6O.HI/c1-3-25-23(28-17-19-7-8-20(24)18(2)16-19)27-11-9-22(31)30-14-12-29(13-15-30)21-6-4-5-10-26-21;/h4-8,10,16H,3,9,11-15,17H2,1-2H3,(H2,25,27,28);1H. The van der Waals surface area contributed by atoms with Crippen LogP contribution in [-0.4, -0.2) is 61.0 Å². The van der Waals surface area contributed by atoms with E-state index < -0.39 is 0 Å².